The quantitative estimate of drug-likeness (QED) is 0.784. The molecule has 2 atom stereocenters. The van der Waals surface area contributed by atoms with Crippen LogP contribution in [-0.2, 0) is 20.8 Å². The van der Waals surface area contributed by atoms with E-state index >= 15 is 0 Å². The highest BCUT2D eigenvalue weighted by molar-refractivity contribution is 5.75. The van der Waals surface area contributed by atoms with Crippen molar-refractivity contribution in [1.82, 2.24) is 20.0 Å². The number of carbonyl (C=O) groups is 1. The highest BCUT2D eigenvalue weighted by Gasteiger charge is 2.31. The Kier molecular flexibility index (Phi) is 5.42. The zero-order chi connectivity index (χ0) is 15.2. The minimum Gasteiger partial charge on any atom is -0.381 e. The Hall–Kier alpha value is -1.44. The second-order valence-electron chi connectivity index (χ2n) is 5.85. The third kappa shape index (κ3) is 4.06. The van der Waals surface area contributed by atoms with Crippen LogP contribution in [0.1, 0.15) is 6.42 Å². The molecule has 1 aromatic heterocycles. The van der Waals surface area contributed by atoms with Crippen LogP contribution in [0.15, 0.2) is 18.5 Å². The molecule has 2 saturated heterocycles. The van der Waals surface area contributed by atoms with Gasteiger partial charge in [-0.3, -0.25) is 14.4 Å². The molecule has 0 saturated carbocycles. The Balaban J connectivity index is 1.53. The largest absolute Gasteiger partial charge is 0.381 e. The SMILES string of the molecule is O=C(Cn1cccn1)NC[C@H]([C@@H]1CCOC1)N1CCOCC1. The standard InChI is InChI=1S/C15H24N4O3/c20-15(11-19-4-1-3-17-19)16-10-14(13-2-7-22-12-13)18-5-8-21-9-6-18/h1,3-4,13-14H,2,5-12H2,(H,16,20)/t13-,14-/m1/s1. The van der Waals surface area contributed by atoms with Crippen LogP contribution in [0.4, 0.5) is 0 Å². The van der Waals surface area contributed by atoms with Crippen molar-refractivity contribution < 1.29 is 14.3 Å². The van der Waals surface area contributed by atoms with Crippen molar-refractivity contribution in [3.8, 4) is 0 Å². The molecule has 0 bridgehead atoms. The Morgan fingerprint density at radius 2 is 2.18 bits per heavy atom. The lowest BCUT2D eigenvalue weighted by Crippen LogP contribution is -2.52. The highest BCUT2D eigenvalue weighted by Crippen LogP contribution is 2.21. The second-order valence-corrected chi connectivity index (χ2v) is 5.85. The first-order valence-electron chi connectivity index (χ1n) is 7.96. The van der Waals surface area contributed by atoms with Crippen molar-refractivity contribution >= 4 is 5.91 Å². The summed E-state index contributed by atoms with van der Waals surface area (Å²) in [6.45, 7) is 5.94. The van der Waals surface area contributed by atoms with Crippen molar-refractivity contribution in [1.29, 1.82) is 0 Å². The fraction of sp³-hybridized carbons (Fsp3) is 0.733. The zero-order valence-electron chi connectivity index (χ0n) is 12.8. The van der Waals surface area contributed by atoms with E-state index in [0.717, 1.165) is 45.9 Å². The molecule has 0 aliphatic carbocycles. The molecule has 7 heteroatoms. The third-order valence-corrected chi connectivity index (χ3v) is 4.40. The number of nitrogens with zero attached hydrogens (tertiary/aromatic N) is 3. The van der Waals surface area contributed by atoms with Gasteiger partial charge >= 0.3 is 0 Å². The molecule has 1 N–H and O–H groups in total. The number of amides is 1. The Morgan fingerprint density at radius 1 is 1.32 bits per heavy atom. The number of nitrogens with one attached hydrogen (secondary N) is 1. The molecule has 22 heavy (non-hydrogen) atoms. The fourth-order valence-electron chi connectivity index (χ4n) is 3.17. The molecule has 122 valence electrons. The topological polar surface area (TPSA) is 68.6 Å². The van der Waals surface area contributed by atoms with Gasteiger partial charge in [0.15, 0.2) is 0 Å². The summed E-state index contributed by atoms with van der Waals surface area (Å²) in [7, 11) is 0. The first kappa shape index (κ1) is 15.5. The second kappa shape index (κ2) is 7.71. The van der Waals surface area contributed by atoms with E-state index in [-0.39, 0.29) is 12.5 Å². The van der Waals surface area contributed by atoms with E-state index in [2.05, 4.69) is 15.3 Å². The molecular formula is C15H24N4O3. The van der Waals surface area contributed by atoms with E-state index in [1.807, 2.05) is 6.07 Å². The molecule has 0 radical (unpaired) electrons. The number of carbonyl (C=O) groups excluding carboxylic acids is 1. The Morgan fingerprint density at radius 3 is 2.86 bits per heavy atom. The molecular weight excluding hydrogens is 284 g/mol. The predicted octanol–water partition coefficient (Wildman–Crippen LogP) is -0.263. The minimum atomic E-state index is 0.000810. The van der Waals surface area contributed by atoms with Crippen LogP contribution in [0.5, 0.6) is 0 Å². The van der Waals surface area contributed by atoms with Gasteiger partial charge in [-0.15, -0.1) is 0 Å². The number of aromatic nitrogens is 2. The van der Waals surface area contributed by atoms with E-state index in [0.29, 0.717) is 18.5 Å². The number of rotatable bonds is 6. The van der Waals surface area contributed by atoms with Crippen LogP contribution in [0, 0.1) is 5.92 Å². The lowest BCUT2D eigenvalue weighted by Gasteiger charge is -2.37. The van der Waals surface area contributed by atoms with Gasteiger partial charge in [0.2, 0.25) is 5.91 Å². The van der Waals surface area contributed by atoms with Crippen molar-refractivity contribution in [3.63, 3.8) is 0 Å². The van der Waals surface area contributed by atoms with Crippen molar-refractivity contribution in [2.75, 3.05) is 46.1 Å². The smallest absolute Gasteiger partial charge is 0.241 e. The third-order valence-electron chi connectivity index (χ3n) is 4.40. The average molecular weight is 308 g/mol. The van der Waals surface area contributed by atoms with Gasteiger partial charge in [0, 0.05) is 50.6 Å². The molecule has 3 heterocycles. The van der Waals surface area contributed by atoms with Gasteiger partial charge in [0.25, 0.3) is 0 Å². The van der Waals surface area contributed by atoms with Crippen LogP contribution >= 0.6 is 0 Å². The van der Waals surface area contributed by atoms with Crippen molar-refractivity contribution in [3.05, 3.63) is 18.5 Å². The fourth-order valence-corrected chi connectivity index (χ4v) is 3.17. The highest BCUT2D eigenvalue weighted by atomic mass is 16.5. The van der Waals surface area contributed by atoms with Crippen LogP contribution in [-0.4, -0.2) is 72.7 Å². The van der Waals surface area contributed by atoms with Crippen LogP contribution in [0.25, 0.3) is 0 Å². The van der Waals surface area contributed by atoms with Crippen LogP contribution in [0.3, 0.4) is 0 Å². The number of ether oxygens (including phenoxy) is 2. The van der Waals surface area contributed by atoms with Gasteiger partial charge in [-0.05, 0) is 12.5 Å². The molecule has 0 aromatic carbocycles. The van der Waals surface area contributed by atoms with Crippen LogP contribution < -0.4 is 5.32 Å². The summed E-state index contributed by atoms with van der Waals surface area (Å²) in [5.74, 6) is 0.490. The number of hydrogen-bond acceptors (Lipinski definition) is 5. The molecule has 0 unspecified atom stereocenters. The maximum absolute atomic E-state index is 12.1. The van der Waals surface area contributed by atoms with Crippen molar-refractivity contribution in [2.24, 2.45) is 5.92 Å². The summed E-state index contributed by atoms with van der Waals surface area (Å²) < 4.78 is 12.6. The summed E-state index contributed by atoms with van der Waals surface area (Å²) in [5.41, 5.74) is 0. The van der Waals surface area contributed by atoms with Crippen molar-refractivity contribution in [2.45, 2.75) is 19.0 Å². The van der Waals surface area contributed by atoms with Crippen LogP contribution in [0.2, 0.25) is 0 Å². The lowest BCUT2D eigenvalue weighted by atomic mass is 9.97. The lowest BCUT2D eigenvalue weighted by molar-refractivity contribution is -0.122. The summed E-state index contributed by atoms with van der Waals surface area (Å²) in [6.07, 6.45) is 4.54. The molecule has 0 spiro atoms. The van der Waals surface area contributed by atoms with Gasteiger partial charge < -0.3 is 14.8 Å². The summed E-state index contributed by atoms with van der Waals surface area (Å²) in [6, 6.07) is 2.15. The first-order chi connectivity index (χ1) is 10.8. The summed E-state index contributed by atoms with van der Waals surface area (Å²) >= 11 is 0. The maximum Gasteiger partial charge on any atom is 0.241 e. The van der Waals surface area contributed by atoms with Gasteiger partial charge in [-0.1, -0.05) is 0 Å². The van der Waals surface area contributed by atoms with Gasteiger partial charge in [0.05, 0.1) is 19.8 Å². The normalized spacial score (nSPS) is 24.3. The first-order valence-corrected chi connectivity index (χ1v) is 7.96. The molecule has 7 nitrogen and oxygen atoms in total. The molecule has 1 amide bonds. The monoisotopic (exact) mass is 308 g/mol. The van der Waals surface area contributed by atoms with E-state index in [1.54, 1.807) is 17.1 Å². The molecule has 2 aliphatic rings. The zero-order valence-corrected chi connectivity index (χ0v) is 12.8. The maximum atomic E-state index is 12.1. The minimum absolute atomic E-state index is 0.000810. The van der Waals surface area contributed by atoms with Gasteiger partial charge in [0.1, 0.15) is 6.54 Å². The Bertz CT molecular complexity index is 453. The van der Waals surface area contributed by atoms with Gasteiger partial charge in [-0.25, -0.2) is 0 Å². The molecule has 3 rings (SSSR count). The number of morpholine rings is 1. The number of hydrogen-bond donors (Lipinski definition) is 1. The molecule has 2 aliphatic heterocycles. The molecule has 2 fully saturated rings. The van der Waals surface area contributed by atoms with E-state index in [4.69, 9.17) is 9.47 Å². The predicted molar refractivity (Wildman–Crippen MR) is 80.3 cm³/mol. The summed E-state index contributed by atoms with van der Waals surface area (Å²) in [4.78, 5) is 14.5. The van der Waals surface area contributed by atoms with E-state index < -0.39 is 0 Å². The van der Waals surface area contributed by atoms with E-state index in [1.165, 1.54) is 0 Å². The Labute approximate surface area is 130 Å². The molecule has 1 aromatic rings. The van der Waals surface area contributed by atoms with E-state index in [9.17, 15) is 4.79 Å². The summed E-state index contributed by atoms with van der Waals surface area (Å²) in [5, 5.41) is 7.12. The average Bonchev–Trinajstić information content (AvgIpc) is 3.22. The van der Waals surface area contributed by atoms with Gasteiger partial charge in [-0.2, -0.15) is 5.10 Å².